The van der Waals surface area contributed by atoms with Gasteiger partial charge in [0.25, 0.3) is 0 Å². The standard InChI is InChI=1S/C22H26N2O2/c25-20(24-15-9-1-2-10-16-24)17-23-22(26)21(18-11-5-3-6-12-18)19-13-7-4-8-14-19/h3-8,11-14,21H,1-2,9-10,15-17H2,(H,23,26). The monoisotopic (exact) mass is 350 g/mol. The lowest BCUT2D eigenvalue weighted by Gasteiger charge is -2.22. The lowest BCUT2D eigenvalue weighted by Crippen LogP contribution is -2.42. The van der Waals surface area contributed by atoms with Crippen LogP contribution in [0.5, 0.6) is 0 Å². The summed E-state index contributed by atoms with van der Waals surface area (Å²) in [5.74, 6) is -0.528. The third-order valence-corrected chi connectivity index (χ3v) is 4.90. The topological polar surface area (TPSA) is 49.4 Å². The van der Waals surface area contributed by atoms with E-state index in [1.165, 1.54) is 12.8 Å². The number of nitrogens with zero attached hydrogens (tertiary/aromatic N) is 1. The van der Waals surface area contributed by atoms with Gasteiger partial charge in [0.2, 0.25) is 11.8 Å². The molecule has 1 N–H and O–H groups in total. The minimum Gasteiger partial charge on any atom is -0.346 e. The Hall–Kier alpha value is -2.62. The molecule has 0 aliphatic carbocycles. The maximum atomic E-state index is 12.9. The molecule has 26 heavy (non-hydrogen) atoms. The number of hydrogen-bond donors (Lipinski definition) is 1. The molecule has 1 aliphatic rings. The predicted octanol–water partition coefficient (Wildman–Crippen LogP) is 3.34. The first-order chi connectivity index (χ1) is 12.8. The Balaban J connectivity index is 1.69. The number of carbonyl (C=O) groups excluding carboxylic acids is 2. The SMILES string of the molecule is O=C(NCC(=O)N1CCCCCC1)C(c1ccccc1)c1ccccc1. The van der Waals surface area contributed by atoms with Crippen LogP contribution in [-0.4, -0.2) is 36.3 Å². The van der Waals surface area contributed by atoms with Crippen molar-refractivity contribution in [3.63, 3.8) is 0 Å². The van der Waals surface area contributed by atoms with Crippen LogP contribution in [0, 0.1) is 0 Å². The van der Waals surface area contributed by atoms with Crippen molar-refractivity contribution in [3.8, 4) is 0 Å². The molecule has 2 aromatic rings. The highest BCUT2D eigenvalue weighted by Gasteiger charge is 2.24. The number of benzene rings is 2. The van der Waals surface area contributed by atoms with E-state index in [1.54, 1.807) is 0 Å². The normalized spacial score (nSPS) is 14.7. The molecule has 3 rings (SSSR count). The highest BCUT2D eigenvalue weighted by Crippen LogP contribution is 2.24. The molecule has 1 fully saturated rings. The van der Waals surface area contributed by atoms with Crippen molar-refractivity contribution >= 4 is 11.8 Å². The van der Waals surface area contributed by atoms with Gasteiger partial charge in [-0.3, -0.25) is 9.59 Å². The van der Waals surface area contributed by atoms with E-state index in [0.29, 0.717) is 0 Å². The third kappa shape index (κ3) is 4.72. The van der Waals surface area contributed by atoms with Gasteiger partial charge in [-0.15, -0.1) is 0 Å². The van der Waals surface area contributed by atoms with Gasteiger partial charge in [0.1, 0.15) is 0 Å². The highest BCUT2D eigenvalue weighted by molar-refractivity contribution is 5.90. The van der Waals surface area contributed by atoms with Crippen LogP contribution in [-0.2, 0) is 9.59 Å². The molecule has 1 heterocycles. The fourth-order valence-corrected chi connectivity index (χ4v) is 3.48. The van der Waals surface area contributed by atoms with Gasteiger partial charge in [-0.05, 0) is 24.0 Å². The summed E-state index contributed by atoms with van der Waals surface area (Å²) in [6, 6.07) is 19.4. The lowest BCUT2D eigenvalue weighted by molar-refractivity contribution is -0.133. The van der Waals surface area contributed by atoms with E-state index in [0.717, 1.165) is 37.1 Å². The fourth-order valence-electron chi connectivity index (χ4n) is 3.48. The predicted molar refractivity (Wildman–Crippen MR) is 103 cm³/mol. The van der Waals surface area contributed by atoms with Crippen LogP contribution in [0.2, 0.25) is 0 Å². The molecule has 1 aliphatic heterocycles. The molecule has 1 saturated heterocycles. The quantitative estimate of drug-likeness (QED) is 0.899. The Labute approximate surface area is 155 Å². The summed E-state index contributed by atoms with van der Waals surface area (Å²) in [7, 11) is 0. The van der Waals surface area contributed by atoms with Crippen molar-refractivity contribution in [3.05, 3.63) is 71.8 Å². The summed E-state index contributed by atoms with van der Waals surface area (Å²) < 4.78 is 0. The second-order valence-corrected chi connectivity index (χ2v) is 6.77. The number of rotatable bonds is 5. The van der Waals surface area contributed by atoms with Crippen LogP contribution in [0.15, 0.2) is 60.7 Å². The number of nitrogens with one attached hydrogen (secondary N) is 1. The molecule has 0 bridgehead atoms. The average molecular weight is 350 g/mol. The van der Waals surface area contributed by atoms with E-state index < -0.39 is 5.92 Å². The molecule has 136 valence electrons. The van der Waals surface area contributed by atoms with Gasteiger partial charge in [-0.1, -0.05) is 73.5 Å². The molecule has 4 nitrogen and oxygen atoms in total. The fraction of sp³-hybridized carbons (Fsp3) is 0.364. The van der Waals surface area contributed by atoms with Gasteiger partial charge >= 0.3 is 0 Å². The smallest absolute Gasteiger partial charge is 0.241 e. The molecule has 0 spiro atoms. The molecule has 0 saturated carbocycles. The first-order valence-corrected chi connectivity index (χ1v) is 9.41. The van der Waals surface area contributed by atoms with Gasteiger partial charge in [0.05, 0.1) is 12.5 Å². The Morgan fingerprint density at radius 3 is 1.81 bits per heavy atom. The zero-order valence-corrected chi connectivity index (χ0v) is 15.1. The molecule has 0 aromatic heterocycles. The summed E-state index contributed by atoms with van der Waals surface area (Å²) in [6.45, 7) is 1.67. The molecule has 0 unspecified atom stereocenters. The van der Waals surface area contributed by atoms with Crippen LogP contribution >= 0.6 is 0 Å². The summed E-state index contributed by atoms with van der Waals surface area (Å²) in [6.07, 6.45) is 4.47. The number of amides is 2. The van der Waals surface area contributed by atoms with Gasteiger partial charge < -0.3 is 10.2 Å². The zero-order valence-electron chi connectivity index (χ0n) is 15.1. The van der Waals surface area contributed by atoms with Crippen molar-refractivity contribution < 1.29 is 9.59 Å². The second kappa shape index (κ2) is 9.18. The lowest BCUT2D eigenvalue weighted by atomic mass is 9.90. The number of likely N-dealkylation sites (tertiary alicyclic amines) is 1. The minimum atomic E-state index is -0.408. The molecule has 0 radical (unpaired) electrons. The zero-order chi connectivity index (χ0) is 18.2. The van der Waals surface area contributed by atoms with Crippen molar-refractivity contribution in [2.75, 3.05) is 19.6 Å². The van der Waals surface area contributed by atoms with Crippen LogP contribution in [0.1, 0.15) is 42.7 Å². The van der Waals surface area contributed by atoms with Crippen molar-refractivity contribution in [2.45, 2.75) is 31.6 Å². The summed E-state index contributed by atoms with van der Waals surface area (Å²) in [4.78, 5) is 27.3. The maximum absolute atomic E-state index is 12.9. The summed E-state index contributed by atoms with van der Waals surface area (Å²) >= 11 is 0. The van der Waals surface area contributed by atoms with Crippen LogP contribution in [0.4, 0.5) is 0 Å². The van der Waals surface area contributed by atoms with Crippen molar-refractivity contribution in [1.82, 2.24) is 10.2 Å². The van der Waals surface area contributed by atoms with Crippen molar-refractivity contribution in [2.24, 2.45) is 0 Å². The molecule has 0 atom stereocenters. The van der Waals surface area contributed by atoms with Crippen LogP contribution in [0.3, 0.4) is 0 Å². The minimum absolute atomic E-state index is 0.0140. The van der Waals surface area contributed by atoms with Gasteiger partial charge in [0, 0.05) is 13.1 Å². The van der Waals surface area contributed by atoms with E-state index in [4.69, 9.17) is 0 Å². The number of carbonyl (C=O) groups is 2. The number of hydrogen-bond acceptors (Lipinski definition) is 2. The molecule has 4 heteroatoms. The second-order valence-electron chi connectivity index (χ2n) is 6.77. The van der Waals surface area contributed by atoms with Gasteiger partial charge in [0.15, 0.2) is 0 Å². The third-order valence-electron chi connectivity index (χ3n) is 4.90. The summed E-state index contributed by atoms with van der Waals surface area (Å²) in [5.41, 5.74) is 1.86. The first-order valence-electron chi connectivity index (χ1n) is 9.41. The maximum Gasteiger partial charge on any atom is 0.241 e. The molecule has 2 amide bonds. The Morgan fingerprint density at radius 2 is 1.31 bits per heavy atom. The Kier molecular flexibility index (Phi) is 6.42. The van der Waals surface area contributed by atoms with Crippen LogP contribution in [0.25, 0.3) is 0 Å². The van der Waals surface area contributed by atoms with E-state index in [9.17, 15) is 9.59 Å². The van der Waals surface area contributed by atoms with E-state index in [2.05, 4.69) is 5.32 Å². The highest BCUT2D eigenvalue weighted by atomic mass is 16.2. The van der Waals surface area contributed by atoms with Crippen LogP contribution < -0.4 is 5.32 Å². The van der Waals surface area contributed by atoms with Crippen molar-refractivity contribution in [1.29, 1.82) is 0 Å². The van der Waals surface area contributed by atoms with E-state index in [1.807, 2.05) is 65.6 Å². The van der Waals surface area contributed by atoms with Gasteiger partial charge in [-0.25, -0.2) is 0 Å². The Morgan fingerprint density at radius 1 is 0.808 bits per heavy atom. The Bertz CT molecular complexity index is 668. The molecule has 2 aromatic carbocycles. The average Bonchev–Trinajstić information content (AvgIpc) is 2.98. The first kappa shape index (κ1) is 18.2. The summed E-state index contributed by atoms with van der Waals surface area (Å²) in [5, 5.41) is 2.87. The molecular formula is C22H26N2O2. The van der Waals surface area contributed by atoms with E-state index in [-0.39, 0.29) is 18.4 Å². The molecular weight excluding hydrogens is 324 g/mol. The van der Waals surface area contributed by atoms with Gasteiger partial charge in [-0.2, -0.15) is 0 Å². The largest absolute Gasteiger partial charge is 0.346 e. The van der Waals surface area contributed by atoms with E-state index >= 15 is 0 Å².